The van der Waals surface area contributed by atoms with Crippen LogP contribution in [0.3, 0.4) is 0 Å². The predicted molar refractivity (Wildman–Crippen MR) is 148 cm³/mol. The number of carbonyl (C=O) groups excluding carboxylic acids is 2. The predicted octanol–water partition coefficient (Wildman–Crippen LogP) is 3.70. The third kappa shape index (κ3) is 6.66. The molecule has 0 N–H and O–H groups in total. The van der Waals surface area contributed by atoms with E-state index in [1.807, 2.05) is 91.0 Å². The molecule has 216 valence electrons. The molecule has 0 spiro atoms. The molecule has 0 unspecified atom stereocenters. The Balaban J connectivity index is 1.46. The van der Waals surface area contributed by atoms with E-state index in [0.29, 0.717) is 13.2 Å². The minimum absolute atomic E-state index is 0.206. The topological polar surface area (TPSA) is 92.8 Å². The Morgan fingerprint density at radius 3 is 1.68 bits per heavy atom. The lowest BCUT2D eigenvalue weighted by atomic mass is 9.90. The zero-order chi connectivity index (χ0) is 28.6. The zero-order valence-corrected chi connectivity index (χ0v) is 23.2. The Morgan fingerprint density at radius 2 is 1.17 bits per heavy atom. The van der Waals surface area contributed by atoms with E-state index in [1.165, 1.54) is 14.2 Å². The normalized spacial score (nSPS) is 25.5. The summed E-state index contributed by atoms with van der Waals surface area (Å²) >= 11 is 0. The van der Waals surface area contributed by atoms with Crippen molar-refractivity contribution in [1.82, 2.24) is 5.06 Å². The van der Waals surface area contributed by atoms with E-state index in [-0.39, 0.29) is 13.2 Å². The van der Waals surface area contributed by atoms with Crippen LogP contribution in [0.1, 0.15) is 16.7 Å². The smallest absolute Gasteiger partial charge is 0.338 e. The Morgan fingerprint density at radius 1 is 0.683 bits per heavy atom. The van der Waals surface area contributed by atoms with E-state index >= 15 is 0 Å². The van der Waals surface area contributed by atoms with Crippen LogP contribution in [0.4, 0.5) is 0 Å². The first kappa shape index (κ1) is 28.9. The van der Waals surface area contributed by atoms with Crippen molar-refractivity contribution in [2.75, 3.05) is 20.8 Å². The molecule has 9 nitrogen and oxygen atoms in total. The van der Waals surface area contributed by atoms with Crippen LogP contribution < -0.4 is 0 Å². The van der Waals surface area contributed by atoms with Crippen molar-refractivity contribution in [3.8, 4) is 0 Å². The van der Waals surface area contributed by atoms with Crippen molar-refractivity contribution in [1.29, 1.82) is 0 Å². The highest BCUT2D eigenvalue weighted by molar-refractivity contribution is 5.85. The number of hydrogen-bond acceptors (Lipinski definition) is 9. The van der Waals surface area contributed by atoms with Gasteiger partial charge >= 0.3 is 11.9 Å². The molecule has 3 aromatic rings. The molecule has 2 fully saturated rings. The molecule has 0 bridgehead atoms. The maximum atomic E-state index is 13.1. The van der Waals surface area contributed by atoms with E-state index in [2.05, 4.69) is 0 Å². The maximum absolute atomic E-state index is 13.1. The summed E-state index contributed by atoms with van der Waals surface area (Å²) in [5, 5.41) is 1.64. The molecule has 9 heteroatoms. The number of nitrogens with zero attached hydrogens (tertiary/aromatic N) is 1. The number of hydrogen-bond donors (Lipinski definition) is 0. The van der Waals surface area contributed by atoms with Gasteiger partial charge in [0.1, 0.15) is 18.1 Å². The molecule has 0 aromatic heterocycles. The second-order valence-corrected chi connectivity index (χ2v) is 10.0. The molecule has 2 aliphatic heterocycles. The quantitative estimate of drug-likeness (QED) is 0.307. The second-order valence-electron chi connectivity index (χ2n) is 10.0. The molecule has 2 heterocycles. The third-order valence-corrected chi connectivity index (χ3v) is 7.47. The summed E-state index contributed by atoms with van der Waals surface area (Å²) in [4.78, 5) is 32.1. The lowest BCUT2D eigenvalue weighted by Crippen LogP contribution is -2.47. The number of fused-ring (bicyclic) bond motifs is 1. The van der Waals surface area contributed by atoms with Gasteiger partial charge in [-0.3, -0.25) is 9.63 Å². The maximum Gasteiger partial charge on any atom is 0.338 e. The van der Waals surface area contributed by atoms with Crippen LogP contribution in [0.25, 0.3) is 0 Å². The number of rotatable bonds is 12. The number of esters is 2. The average molecular weight is 562 g/mol. The van der Waals surface area contributed by atoms with Gasteiger partial charge in [0.2, 0.25) is 0 Å². The fraction of sp³-hybridized carbons (Fsp3) is 0.375. The van der Waals surface area contributed by atoms with Gasteiger partial charge in [0.25, 0.3) is 0 Å². The van der Waals surface area contributed by atoms with Crippen LogP contribution in [-0.4, -0.2) is 68.2 Å². The van der Waals surface area contributed by atoms with Gasteiger partial charge in [-0.15, -0.1) is 0 Å². The number of ether oxygens (including phenoxy) is 5. The summed E-state index contributed by atoms with van der Waals surface area (Å²) in [6.07, 6.45) is -2.39. The first-order chi connectivity index (χ1) is 20.1. The molecular weight excluding hydrogens is 526 g/mol. The van der Waals surface area contributed by atoms with Crippen molar-refractivity contribution in [3.05, 3.63) is 108 Å². The number of methoxy groups -OCH3 is 2. The van der Waals surface area contributed by atoms with Gasteiger partial charge in [0.15, 0.2) is 6.10 Å². The van der Waals surface area contributed by atoms with Crippen LogP contribution in [0.2, 0.25) is 0 Å². The van der Waals surface area contributed by atoms with E-state index in [1.54, 1.807) is 5.06 Å². The summed E-state index contributed by atoms with van der Waals surface area (Å²) in [6.45, 7) is 1.17. The van der Waals surface area contributed by atoms with Gasteiger partial charge in [-0.1, -0.05) is 91.0 Å². The van der Waals surface area contributed by atoms with Gasteiger partial charge in [0, 0.05) is 0 Å². The monoisotopic (exact) mass is 561 g/mol. The molecular formula is C32H35NO8. The summed E-state index contributed by atoms with van der Waals surface area (Å²) in [5.41, 5.74) is 2.97. The standard InChI is InChI=1S/C32H35NO8/c1-36-31(34)26-27-30(40-20-24-16-10-5-11-17-24)28(39-19-23-14-8-4-9-15-23)25(33(27)41-29(26)32(35)37-2)21-38-18-22-12-6-3-7-13-22/h3-17,25-30H,18-21H2,1-2H3/t25-,26+,27-,28-,29-,30-/m1/s1. The first-order valence-electron chi connectivity index (χ1n) is 13.6. The largest absolute Gasteiger partial charge is 0.469 e. The van der Waals surface area contributed by atoms with Crippen LogP contribution >= 0.6 is 0 Å². The van der Waals surface area contributed by atoms with Gasteiger partial charge in [-0.2, -0.15) is 5.06 Å². The summed E-state index contributed by atoms with van der Waals surface area (Å²) in [7, 11) is 2.55. The average Bonchev–Trinajstić information content (AvgIpc) is 3.54. The highest BCUT2D eigenvalue weighted by Crippen LogP contribution is 2.43. The molecule has 0 saturated carbocycles. The van der Waals surface area contributed by atoms with Crippen molar-refractivity contribution >= 4 is 11.9 Å². The summed E-state index contributed by atoms with van der Waals surface area (Å²) in [6, 6.07) is 28.2. The van der Waals surface area contributed by atoms with Crippen molar-refractivity contribution in [3.63, 3.8) is 0 Å². The molecule has 0 radical (unpaired) electrons. The van der Waals surface area contributed by atoms with Gasteiger partial charge in [0.05, 0.1) is 52.7 Å². The van der Waals surface area contributed by atoms with Crippen LogP contribution in [0, 0.1) is 5.92 Å². The number of benzene rings is 3. The van der Waals surface area contributed by atoms with Gasteiger partial charge in [-0.05, 0) is 16.7 Å². The summed E-state index contributed by atoms with van der Waals surface area (Å²) < 4.78 is 29.3. The molecule has 0 aliphatic carbocycles. The minimum atomic E-state index is -1.19. The Labute approximate surface area is 239 Å². The first-order valence-corrected chi connectivity index (χ1v) is 13.6. The highest BCUT2D eigenvalue weighted by atomic mass is 16.7. The van der Waals surface area contributed by atoms with Gasteiger partial charge in [-0.25, -0.2) is 4.79 Å². The Kier molecular flexibility index (Phi) is 9.76. The fourth-order valence-electron chi connectivity index (χ4n) is 5.49. The summed E-state index contributed by atoms with van der Waals surface area (Å²) in [5.74, 6) is -2.24. The number of hydroxylamine groups is 2. The van der Waals surface area contributed by atoms with E-state index < -0.39 is 48.3 Å². The lowest BCUT2D eigenvalue weighted by Gasteiger charge is -2.29. The zero-order valence-electron chi connectivity index (χ0n) is 23.2. The molecule has 6 atom stereocenters. The van der Waals surface area contributed by atoms with E-state index in [0.717, 1.165) is 16.7 Å². The Bertz CT molecular complexity index is 1260. The van der Waals surface area contributed by atoms with Crippen LogP contribution in [0.15, 0.2) is 91.0 Å². The second kappa shape index (κ2) is 13.8. The van der Waals surface area contributed by atoms with Crippen LogP contribution in [0.5, 0.6) is 0 Å². The minimum Gasteiger partial charge on any atom is -0.469 e. The molecule has 5 rings (SSSR count). The Hall–Kier alpha value is -3.60. The van der Waals surface area contributed by atoms with E-state index in [4.69, 9.17) is 28.5 Å². The molecule has 0 amide bonds. The van der Waals surface area contributed by atoms with Gasteiger partial charge < -0.3 is 23.7 Å². The van der Waals surface area contributed by atoms with Crippen molar-refractivity contribution in [2.45, 2.75) is 50.2 Å². The van der Waals surface area contributed by atoms with Crippen LogP contribution in [-0.2, 0) is 57.9 Å². The molecule has 2 aliphatic rings. The van der Waals surface area contributed by atoms with E-state index in [9.17, 15) is 9.59 Å². The molecule has 2 saturated heterocycles. The molecule has 41 heavy (non-hydrogen) atoms. The molecule has 3 aromatic carbocycles. The lowest BCUT2D eigenvalue weighted by molar-refractivity contribution is -0.208. The SMILES string of the molecule is COC(=O)[C@H]1[C@@H]2[C@@H](OCc3ccccc3)[C@H](OCc3ccccc3)[C@@H](COCc3ccccc3)N2O[C@H]1C(=O)OC. The highest BCUT2D eigenvalue weighted by Gasteiger charge is 2.64. The number of carbonyl (C=O) groups is 2. The van der Waals surface area contributed by atoms with Crippen molar-refractivity contribution < 1.29 is 38.1 Å². The fourth-order valence-corrected chi connectivity index (χ4v) is 5.49. The van der Waals surface area contributed by atoms with Crippen molar-refractivity contribution in [2.24, 2.45) is 5.92 Å². The third-order valence-electron chi connectivity index (χ3n) is 7.47.